The minimum Gasteiger partial charge on any atom is -0.317 e. The molecule has 0 fully saturated rings. The van der Waals surface area contributed by atoms with Crippen LogP contribution in [0.15, 0.2) is 0 Å². The molecule has 1 unspecified atom stereocenters. The van der Waals surface area contributed by atoms with Crippen LogP contribution in [0.3, 0.4) is 0 Å². The maximum Gasteiger partial charge on any atom is 0.147 e. The highest BCUT2D eigenvalue weighted by Crippen LogP contribution is 2.18. The molecule has 1 atom stereocenters. The summed E-state index contributed by atoms with van der Waals surface area (Å²) in [5.74, 6) is 2.79. The van der Waals surface area contributed by atoms with E-state index in [9.17, 15) is 0 Å². The summed E-state index contributed by atoms with van der Waals surface area (Å²) in [6.07, 6.45) is 2.32. The molecule has 0 saturated heterocycles. The van der Waals surface area contributed by atoms with Crippen LogP contribution in [0.5, 0.6) is 0 Å². The van der Waals surface area contributed by atoms with Gasteiger partial charge in [0, 0.05) is 13.0 Å². The van der Waals surface area contributed by atoms with Gasteiger partial charge in [0.1, 0.15) is 11.6 Å². The molecule has 1 rings (SSSR count). The van der Waals surface area contributed by atoms with E-state index in [4.69, 9.17) is 11.6 Å². The summed E-state index contributed by atoms with van der Waals surface area (Å²) < 4.78 is 1.99. The number of aromatic nitrogens is 3. The largest absolute Gasteiger partial charge is 0.317 e. The summed E-state index contributed by atoms with van der Waals surface area (Å²) in [6.45, 7) is 4.35. The van der Waals surface area contributed by atoms with Gasteiger partial charge in [0.05, 0.1) is 5.88 Å². The minimum absolute atomic E-state index is 0.433. The summed E-state index contributed by atoms with van der Waals surface area (Å²) in [6, 6.07) is 0. The molecule has 0 saturated carbocycles. The van der Waals surface area contributed by atoms with Crippen LogP contribution in [0.1, 0.15) is 44.3 Å². The number of rotatable bonds is 4. The first-order chi connectivity index (χ1) is 6.20. The Morgan fingerprint density at radius 3 is 2.62 bits per heavy atom. The Labute approximate surface area is 84.1 Å². The smallest absolute Gasteiger partial charge is 0.147 e. The minimum atomic E-state index is 0.433. The second-order valence-electron chi connectivity index (χ2n) is 3.36. The highest BCUT2D eigenvalue weighted by atomic mass is 35.5. The zero-order valence-electron chi connectivity index (χ0n) is 8.42. The summed E-state index contributed by atoms with van der Waals surface area (Å²) >= 11 is 5.70. The van der Waals surface area contributed by atoms with Gasteiger partial charge in [0.2, 0.25) is 0 Å². The van der Waals surface area contributed by atoms with Gasteiger partial charge in [-0.15, -0.1) is 21.8 Å². The van der Waals surface area contributed by atoms with Crippen molar-refractivity contribution >= 4 is 11.6 Å². The zero-order valence-corrected chi connectivity index (χ0v) is 9.17. The van der Waals surface area contributed by atoms with Gasteiger partial charge in [-0.2, -0.15) is 0 Å². The molecule has 0 aliphatic carbocycles. The van der Waals surface area contributed by atoms with Gasteiger partial charge >= 0.3 is 0 Å². The molecule has 13 heavy (non-hydrogen) atoms. The normalized spacial score (nSPS) is 13.2. The molecule has 4 heteroatoms. The topological polar surface area (TPSA) is 30.7 Å². The molecule has 74 valence electrons. The van der Waals surface area contributed by atoms with Gasteiger partial charge in [-0.3, -0.25) is 0 Å². The predicted molar refractivity (Wildman–Crippen MR) is 53.9 cm³/mol. The van der Waals surface area contributed by atoms with E-state index in [-0.39, 0.29) is 0 Å². The maximum absolute atomic E-state index is 5.70. The monoisotopic (exact) mass is 201 g/mol. The van der Waals surface area contributed by atoms with Crippen LogP contribution >= 0.6 is 11.6 Å². The molecule has 0 aromatic carbocycles. The standard InChI is InChI=1S/C9H16ClN3/c1-4-5-7(2)9-12-11-8(6-10)13(9)3/h7H,4-6H2,1-3H3. The highest BCUT2D eigenvalue weighted by molar-refractivity contribution is 6.16. The van der Waals surface area contributed by atoms with Gasteiger partial charge in [0.15, 0.2) is 0 Å². The van der Waals surface area contributed by atoms with Crippen molar-refractivity contribution in [3.05, 3.63) is 11.6 Å². The molecule has 0 N–H and O–H groups in total. The molecule has 3 nitrogen and oxygen atoms in total. The molecular weight excluding hydrogens is 186 g/mol. The Hall–Kier alpha value is -0.570. The lowest BCUT2D eigenvalue weighted by Gasteiger charge is -2.08. The second kappa shape index (κ2) is 4.61. The van der Waals surface area contributed by atoms with E-state index < -0.39 is 0 Å². The van der Waals surface area contributed by atoms with Crippen molar-refractivity contribution in [3.8, 4) is 0 Å². The van der Waals surface area contributed by atoms with Gasteiger partial charge in [-0.05, 0) is 6.42 Å². The van der Waals surface area contributed by atoms with Crippen LogP contribution in [0.25, 0.3) is 0 Å². The predicted octanol–water partition coefficient (Wildman–Crippen LogP) is 2.46. The number of alkyl halides is 1. The van der Waals surface area contributed by atoms with Gasteiger partial charge in [-0.1, -0.05) is 20.3 Å². The summed E-state index contributed by atoms with van der Waals surface area (Å²) in [5.41, 5.74) is 0. The van der Waals surface area contributed by atoms with Crippen LogP contribution in [0.4, 0.5) is 0 Å². The molecule has 1 aromatic rings. The van der Waals surface area contributed by atoms with E-state index in [1.165, 1.54) is 6.42 Å². The lowest BCUT2D eigenvalue weighted by Crippen LogP contribution is -2.04. The third-order valence-electron chi connectivity index (χ3n) is 2.28. The second-order valence-corrected chi connectivity index (χ2v) is 3.62. The molecule has 0 aliphatic heterocycles. The van der Waals surface area contributed by atoms with Crippen molar-refractivity contribution in [3.63, 3.8) is 0 Å². The summed E-state index contributed by atoms with van der Waals surface area (Å²) in [5, 5.41) is 8.15. The lowest BCUT2D eigenvalue weighted by atomic mass is 10.1. The van der Waals surface area contributed by atoms with Crippen LogP contribution in [-0.4, -0.2) is 14.8 Å². The summed E-state index contributed by atoms with van der Waals surface area (Å²) in [4.78, 5) is 0. The van der Waals surface area contributed by atoms with Crippen molar-refractivity contribution in [2.45, 2.75) is 38.5 Å². The fraction of sp³-hybridized carbons (Fsp3) is 0.778. The fourth-order valence-corrected chi connectivity index (χ4v) is 1.72. The first-order valence-electron chi connectivity index (χ1n) is 4.64. The summed E-state index contributed by atoms with van der Waals surface area (Å²) in [7, 11) is 1.97. The molecule has 0 bridgehead atoms. The molecule has 1 heterocycles. The number of hydrogen-bond acceptors (Lipinski definition) is 2. The van der Waals surface area contributed by atoms with Crippen molar-refractivity contribution in [1.82, 2.24) is 14.8 Å². The van der Waals surface area contributed by atoms with E-state index in [0.717, 1.165) is 18.1 Å². The van der Waals surface area contributed by atoms with Crippen molar-refractivity contribution in [1.29, 1.82) is 0 Å². The Morgan fingerprint density at radius 2 is 2.15 bits per heavy atom. The molecule has 0 spiro atoms. The number of hydrogen-bond donors (Lipinski definition) is 0. The molecule has 1 aromatic heterocycles. The lowest BCUT2D eigenvalue weighted by molar-refractivity contribution is 0.596. The Bertz CT molecular complexity index is 270. The van der Waals surface area contributed by atoms with E-state index in [0.29, 0.717) is 11.8 Å². The van der Waals surface area contributed by atoms with Crippen molar-refractivity contribution in [2.75, 3.05) is 0 Å². The average Bonchev–Trinajstić information content (AvgIpc) is 2.47. The van der Waals surface area contributed by atoms with Crippen molar-refractivity contribution < 1.29 is 0 Å². The van der Waals surface area contributed by atoms with Crippen molar-refractivity contribution in [2.24, 2.45) is 7.05 Å². The quantitative estimate of drug-likeness (QED) is 0.701. The van der Waals surface area contributed by atoms with E-state index in [1.54, 1.807) is 0 Å². The van der Waals surface area contributed by atoms with Gasteiger partial charge in [-0.25, -0.2) is 0 Å². The first kappa shape index (κ1) is 10.5. The Morgan fingerprint density at radius 1 is 1.46 bits per heavy atom. The molecule has 0 amide bonds. The maximum atomic E-state index is 5.70. The molecular formula is C9H16ClN3. The number of nitrogens with zero attached hydrogens (tertiary/aromatic N) is 3. The highest BCUT2D eigenvalue weighted by Gasteiger charge is 2.13. The SMILES string of the molecule is CCCC(C)c1nnc(CCl)n1C. The van der Waals surface area contributed by atoms with Gasteiger partial charge in [0.25, 0.3) is 0 Å². The van der Waals surface area contributed by atoms with Crippen LogP contribution in [-0.2, 0) is 12.9 Å². The third-order valence-corrected chi connectivity index (χ3v) is 2.52. The average molecular weight is 202 g/mol. The van der Waals surface area contributed by atoms with Crippen LogP contribution in [0.2, 0.25) is 0 Å². The molecule has 0 radical (unpaired) electrons. The van der Waals surface area contributed by atoms with Crippen LogP contribution < -0.4 is 0 Å². The Balaban J connectivity index is 2.82. The van der Waals surface area contributed by atoms with E-state index >= 15 is 0 Å². The molecule has 0 aliphatic rings. The van der Waals surface area contributed by atoms with E-state index in [2.05, 4.69) is 24.0 Å². The van der Waals surface area contributed by atoms with Crippen LogP contribution in [0, 0.1) is 0 Å². The fourth-order valence-electron chi connectivity index (χ4n) is 1.48. The third kappa shape index (κ3) is 2.21. The van der Waals surface area contributed by atoms with Gasteiger partial charge < -0.3 is 4.57 Å². The Kier molecular flexibility index (Phi) is 3.72. The first-order valence-corrected chi connectivity index (χ1v) is 5.18. The van der Waals surface area contributed by atoms with E-state index in [1.807, 2.05) is 11.6 Å². The number of halogens is 1. The zero-order chi connectivity index (χ0) is 9.84.